The largest absolute Gasteiger partial charge is 0.355 e. The molecule has 5 nitrogen and oxygen atoms in total. The summed E-state index contributed by atoms with van der Waals surface area (Å²) in [6.45, 7) is 4.03. The van der Waals surface area contributed by atoms with Gasteiger partial charge in [0.2, 0.25) is 15.9 Å². The van der Waals surface area contributed by atoms with Crippen molar-refractivity contribution in [1.82, 2.24) is 5.32 Å². The van der Waals surface area contributed by atoms with Crippen molar-refractivity contribution in [3.63, 3.8) is 0 Å². The Bertz CT molecular complexity index is 896. The molecule has 1 amide bonds. The minimum absolute atomic E-state index is 0.273. The standard InChI is InChI=1S/C20H25ClN2O3S/c1-15-6-9-17(10-7-15)5-4-12-22-20(24)14-23(27(3,25)26)19-13-18(21)11-8-16(19)2/h6-11,13H,4-5,12,14H2,1-3H3,(H,22,24). The van der Waals surface area contributed by atoms with Crippen LogP contribution in [-0.4, -0.2) is 33.7 Å². The zero-order valence-electron chi connectivity index (χ0n) is 15.8. The minimum atomic E-state index is -3.62. The number of halogens is 1. The van der Waals surface area contributed by atoms with Gasteiger partial charge in [-0.05, 0) is 49.9 Å². The van der Waals surface area contributed by atoms with Gasteiger partial charge in [0.05, 0.1) is 11.9 Å². The lowest BCUT2D eigenvalue weighted by atomic mass is 10.1. The summed E-state index contributed by atoms with van der Waals surface area (Å²) in [5.41, 5.74) is 3.57. The van der Waals surface area contributed by atoms with Crippen LogP contribution in [0.25, 0.3) is 0 Å². The highest BCUT2D eigenvalue weighted by Gasteiger charge is 2.22. The van der Waals surface area contributed by atoms with Crippen molar-refractivity contribution in [3.8, 4) is 0 Å². The van der Waals surface area contributed by atoms with E-state index in [1.807, 2.05) is 6.92 Å². The van der Waals surface area contributed by atoms with E-state index in [-0.39, 0.29) is 12.5 Å². The summed E-state index contributed by atoms with van der Waals surface area (Å²) in [6.07, 6.45) is 2.71. The van der Waals surface area contributed by atoms with Gasteiger partial charge in [0, 0.05) is 11.6 Å². The first-order valence-corrected chi connectivity index (χ1v) is 11.0. The topological polar surface area (TPSA) is 66.5 Å². The maximum Gasteiger partial charge on any atom is 0.240 e. The third-order valence-electron chi connectivity index (χ3n) is 4.21. The summed E-state index contributed by atoms with van der Waals surface area (Å²) in [4.78, 5) is 12.3. The summed E-state index contributed by atoms with van der Waals surface area (Å²) in [7, 11) is -3.62. The second-order valence-corrected chi connectivity index (χ2v) is 8.98. The average Bonchev–Trinajstić information content (AvgIpc) is 2.59. The lowest BCUT2D eigenvalue weighted by Gasteiger charge is -2.23. The van der Waals surface area contributed by atoms with E-state index in [2.05, 4.69) is 29.6 Å². The number of carbonyl (C=O) groups is 1. The maximum absolute atomic E-state index is 12.3. The third-order valence-corrected chi connectivity index (χ3v) is 5.57. The van der Waals surface area contributed by atoms with Crippen LogP contribution in [0.1, 0.15) is 23.1 Å². The van der Waals surface area contributed by atoms with Gasteiger partial charge in [-0.2, -0.15) is 0 Å². The number of aryl methyl sites for hydroxylation is 3. The van der Waals surface area contributed by atoms with Crippen molar-refractivity contribution in [2.24, 2.45) is 0 Å². The second-order valence-electron chi connectivity index (χ2n) is 6.64. The van der Waals surface area contributed by atoms with Crippen molar-refractivity contribution < 1.29 is 13.2 Å². The van der Waals surface area contributed by atoms with Crippen molar-refractivity contribution in [2.75, 3.05) is 23.7 Å². The molecule has 27 heavy (non-hydrogen) atoms. The molecule has 0 aromatic heterocycles. The van der Waals surface area contributed by atoms with Gasteiger partial charge in [-0.25, -0.2) is 8.42 Å². The average molecular weight is 409 g/mol. The number of nitrogens with zero attached hydrogens (tertiary/aromatic N) is 1. The Balaban J connectivity index is 1.94. The first-order chi connectivity index (χ1) is 12.7. The lowest BCUT2D eigenvalue weighted by molar-refractivity contribution is -0.119. The monoisotopic (exact) mass is 408 g/mol. The maximum atomic E-state index is 12.3. The van der Waals surface area contributed by atoms with Crippen LogP contribution in [0.15, 0.2) is 42.5 Å². The predicted octanol–water partition coefficient (Wildman–Crippen LogP) is 3.47. The van der Waals surface area contributed by atoms with Crippen LogP contribution in [0.5, 0.6) is 0 Å². The molecule has 0 radical (unpaired) electrons. The molecule has 146 valence electrons. The van der Waals surface area contributed by atoms with Crippen LogP contribution in [0.2, 0.25) is 5.02 Å². The third kappa shape index (κ3) is 6.56. The quantitative estimate of drug-likeness (QED) is 0.680. The Morgan fingerprint density at radius 3 is 2.41 bits per heavy atom. The normalized spacial score (nSPS) is 11.3. The Kier molecular flexibility index (Phi) is 7.27. The molecule has 1 N–H and O–H groups in total. The number of anilines is 1. The molecule has 0 bridgehead atoms. The highest BCUT2D eigenvalue weighted by Crippen LogP contribution is 2.26. The first kappa shape index (κ1) is 21.3. The van der Waals surface area contributed by atoms with E-state index in [1.165, 1.54) is 11.1 Å². The van der Waals surface area contributed by atoms with Gasteiger partial charge in [-0.3, -0.25) is 9.10 Å². The number of hydrogen-bond acceptors (Lipinski definition) is 3. The van der Waals surface area contributed by atoms with Crippen molar-refractivity contribution in [3.05, 3.63) is 64.2 Å². The van der Waals surface area contributed by atoms with Crippen molar-refractivity contribution in [2.45, 2.75) is 26.7 Å². The first-order valence-electron chi connectivity index (χ1n) is 8.73. The highest BCUT2D eigenvalue weighted by molar-refractivity contribution is 7.92. The molecule has 0 heterocycles. The van der Waals surface area contributed by atoms with E-state index in [0.29, 0.717) is 17.3 Å². The molecule has 0 atom stereocenters. The van der Waals surface area contributed by atoms with Crippen LogP contribution >= 0.6 is 11.6 Å². The van der Waals surface area contributed by atoms with Crippen LogP contribution in [-0.2, 0) is 21.2 Å². The molecule has 2 aromatic carbocycles. The fraction of sp³-hybridized carbons (Fsp3) is 0.350. The van der Waals surface area contributed by atoms with E-state index in [1.54, 1.807) is 25.1 Å². The summed E-state index contributed by atoms with van der Waals surface area (Å²) in [5.74, 6) is -0.344. The van der Waals surface area contributed by atoms with Gasteiger partial charge in [0.25, 0.3) is 0 Å². The number of amides is 1. The van der Waals surface area contributed by atoms with Crippen molar-refractivity contribution in [1.29, 1.82) is 0 Å². The fourth-order valence-electron chi connectivity index (χ4n) is 2.69. The van der Waals surface area contributed by atoms with E-state index in [4.69, 9.17) is 11.6 Å². The molecular weight excluding hydrogens is 384 g/mol. The van der Waals surface area contributed by atoms with Crippen LogP contribution < -0.4 is 9.62 Å². The zero-order chi connectivity index (χ0) is 20.0. The SMILES string of the molecule is Cc1ccc(CCCNC(=O)CN(c2cc(Cl)ccc2C)S(C)(=O)=O)cc1. The van der Waals surface area contributed by atoms with Gasteiger partial charge >= 0.3 is 0 Å². The molecule has 2 aromatic rings. The summed E-state index contributed by atoms with van der Waals surface area (Å²) in [5, 5.41) is 3.21. The van der Waals surface area contributed by atoms with E-state index < -0.39 is 10.0 Å². The second kappa shape index (κ2) is 9.24. The molecule has 0 saturated carbocycles. The summed E-state index contributed by atoms with van der Waals surface area (Å²) >= 11 is 6.00. The number of carbonyl (C=O) groups excluding carboxylic acids is 1. The van der Waals surface area contributed by atoms with Gasteiger partial charge in [-0.1, -0.05) is 47.5 Å². The van der Waals surface area contributed by atoms with Gasteiger partial charge < -0.3 is 5.32 Å². The van der Waals surface area contributed by atoms with Gasteiger partial charge in [-0.15, -0.1) is 0 Å². The number of nitrogens with one attached hydrogen (secondary N) is 1. The van der Waals surface area contributed by atoms with E-state index >= 15 is 0 Å². The molecule has 0 aliphatic heterocycles. The zero-order valence-corrected chi connectivity index (χ0v) is 17.4. The van der Waals surface area contributed by atoms with E-state index in [0.717, 1.165) is 29.0 Å². The van der Waals surface area contributed by atoms with Crippen LogP contribution in [0.3, 0.4) is 0 Å². The van der Waals surface area contributed by atoms with Crippen molar-refractivity contribution >= 4 is 33.2 Å². The predicted molar refractivity (Wildman–Crippen MR) is 111 cm³/mol. The molecule has 0 saturated heterocycles. The number of sulfonamides is 1. The van der Waals surface area contributed by atoms with E-state index in [9.17, 15) is 13.2 Å². The molecule has 0 spiro atoms. The Labute approximate surface area is 166 Å². The molecule has 0 fully saturated rings. The minimum Gasteiger partial charge on any atom is -0.355 e. The Morgan fingerprint density at radius 2 is 1.78 bits per heavy atom. The molecule has 0 unspecified atom stereocenters. The Hall–Kier alpha value is -2.05. The summed E-state index contributed by atoms with van der Waals surface area (Å²) < 4.78 is 25.4. The lowest BCUT2D eigenvalue weighted by Crippen LogP contribution is -2.41. The van der Waals surface area contributed by atoms with Gasteiger partial charge in [0.1, 0.15) is 6.54 Å². The molecule has 0 aliphatic rings. The number of benzene rings is 2. The fourth-order valence-corrected chi connectivity index (χ4v) is 3.77. The number of rotatable bonds is 8. The smallest absolute Gasteiger partial charge is 0.240 e. The van der Waals surface area contributed by atoms with Gasteiger partial charge in [0.15, 0.2) is 0 Å². The molecule has 2 rings (SSSR count). The number of hydrogen-bond donors (Lipinski definition) is 1. The summed E-state index contributed by atoms with van der Waals surface area (Å²) in [6, 6.07) is 13.2. The molecular formula is C20H25ClN2O3S. The molecule has 7 heteroatoms. The van der Waals surface area contributed by atoms with Crippen LogP contribution in [0, 0.1) is 13.8 Å². The molecule has 0 aliphatic carbocycles. The highest BCUT2D eigenvalue weighted by atomic mass is 35.5. The Morgan fingerprint density at radius 1 is 1.11 bits per heavy atom. The van der Waals surface area contributed by atoms with Crippen LogP contribution in [0.4, 0.5) is 5.69 Å².